The van der Waals surface area contributed by atoms with Crippen molar-refractivity contribution in [2.75, 3.05) is 12.4 Å². The van der Waals surface area contributed by atoms with E-state index in [0.29, 0.717) is 28.7 Å². The molecule has 1 amide bonds. The summed E-state index contributed by atoms with van der Waals surface area (Å²) in [5, 5.41) is 3.59. The zero-order valence-electron chi connectivity index (χ0n) is 16.6. The molecule has 0 radical (unpaired) electrons. The standard InChI is InChI=1S/C24H18N4O3/c1-30-16-7-4-6-15(12-16)20-13-18(17-8-2-3-9-19(17)26-20)23(29)28-24-25-14-21(27-24)22-10-5-11-31-22/h2-14H,1H3,(H2,25,27,28,29). The molecule has 7 heteroatoms. The van der Waals surface area contributed by atoms with Gasteiger partial charge in [-0.3, -0.25) is 10.1 Å². The maximum atomic E-state index is 13.2. The summed E-state index contributed by atoms with van der Waals surface area (Å²) < 4.78 is 10.7. The molecule has 0 saturated carbocycles. The number of aromatic amines is 1. The van der Waals surface area contributed by atoms with Gasteiger partial charge in [-0.05, 0) is 36.4 Å². The molecule has 5 rings (SSSR count). The lowest BCUT2D eigenvalue weighted by Crippen LogP contribution is -2.14. The number of amides is 1. The summed E-state index contributed by atoms with van der Waals surface area (Å²) in [7, 11) is 1.62. The quantitative estimate of drug-likeness (QED) is 0.418. The maximum absolute atomic E-state index is 13.2. The molecule has 5 aromatic rings. The number of carbonyl (C=O) groups is 1. The van der Waals surface area contributed by atoms with E-state index in [2.05, 4.69) is 15.3 Å². The van der Waals surface area contributed by atoms with Gasteiger partial charge < -0.3 is 14.1 Å². The highest BCUT2D eigenvalue weighted by Gasteiger charge is 2.16. The van der Waals surface area contributed by atoms with Crippen molar-refractivity contribution < 1.29 is 13.9 Å². The Kier molecular flexibility index (Phi) is 4.68. The molecule has 0 bridgehead atoms. The number of imidazole rings is 1. The molecular formula is C24H18N4O3. The predicted molar refractivity (Wildman–Crippen MR) is 118 cm³/mol. The number of benzene rings is 2. The lowest BCUT2D eigenvalue weighted by Gasteiger charge is -2.10. The van der Waals surface area contributed by atoms with Crippen molar-refractivity contribution in [2.24, 2.45) is 0 Å². The van der Waals surface area contributed by atoms with Gasteiger partial charge in [-0.25, -0.2) is 9.97 Å². The topological polar surface area (TPSA) is 93.0 Å². The highest BCUT2D eigenvalue weighted by molar-refractivity contribution is 6.12. The fourth-order valence-electron chi connectivity index (χ4n) is 3.41. The summed E-state index contributed by atoms with van der Waals surface area (Å²) in [6.07, 6.45) is 3.19. The summed E-state index contributed by atoms with van der Waals surface area (Å²) in [5.41, 5.74) is 3.44. The van der Waals surface area contributed by atoms with Crippen LogP contribution in [0.3, 0.4) is 0 Å². The van der Waals surface area contributed by atoms with E-state index in [1.54, 1.807) is 31.7 Å². The monoisotopic (exact) mass is 410 g/mol. The molecule has 0 spiro atoms. The van der Waals surface area contributed by atoms with Crippen molar-refractivity contribution in [3.05, 3.63) is 84.8 Å². The minimum atomic E-state index is -0.289. The van der Waals surface area contributed by atoms with Crippen molar-refractivity contribution in [2.45, 2.75) is 0 Å². The van der Waals surface area contributed by atoms with Crippen molar-refractivity contribution in [3.63, 3.8) is 0 Å². The van der Waals surface area contributed by atoms with Gasteiger partial charge in [0.2, 0.25) is 5.95 Å². The third kappa shape index (κ3) is 3.64. The molecule has 0 aliphatic carbocycles. The Morgan fingerprint density at radius 1 is 1.06 bits per heavy atom. The Hall–Kier alpha value is -4.39. The van der Waals surface area contributed by atoms with Crippen molar-refractivity contribution in [1.29, 1.82) is 0 Å². The van der Waals surface area contributed by atoms with Crippen molar-refractivity contribution >= 4 is 22.8 Å². The molecule has 3 heterocycles. The van der Waals surface area contributed by atoms with Crippen LogP contribution in [-0.4, -0.2) is 28.0 Å². The molecule has 2 aromatic carbocycles. The number of rotatable bonds is 5. The number of ether oxygens (including phenoxy) is 1. The molecule has 152 valence electrons. The molecule has 0 unspecified atom stereocenters. The number of pyridine rings is 1. The van der Waals surface area contributed by atoms with E-state index in [9.17, 15) is 4.79 Å². The highest BCUT2D eigenvalue weighted by atomic mass is 16.5. The van der Waals surface area contributed by atoms with Gasteiger partial charge >= 0.3 is 0 Å². The average Bonchev–Trinajstić information content (AvgIpc) is 3.50. The van der Waals surface area contributed by atoms with Crippen LogP contribution >= 0.6 is 0 Å². The normalized spacial score (nSPS) is 10.9. The third-order valence-corrected chi connectivity index (χ3v) is 4.92. The lowest BCUT2D eigenvalue weighted by molar-refractivity contribution is 0.102. The molecule has 0 atom stereocenters. The van der Waals surface area contributed by atoms with E-state index in [1.165, 1.54) is 0 Å². The van der Waals surface area contributed by atoms with Crippen LogP contribution in [0.15, 0.2) is 83.6 Å². The molecule has 31 heavy (non-hydrogen) atoms. The second kappa shape index (κ2) is 7.79. The van der Waals surface area contributed by atoms with Gasteiger partial charge in [-0.2, -0.15) is 0 Å². The van der Waals surface area contributed by atoms with Gasteiger partial charge in [0.15, 0.2) is 5.76 Å². The number of hydrogen-bond acceptors (Lipinski definition) is 5. The highest BCUT2D eigenvalue weighted by Crippen LogP contribution is 2.28. The van der Waals surface area contributed by atoms with Crippen LogP contribution in [0, 0.1) is 0 Å². The van der Waals surface area contributed by atoms with Crippen LogP contribution < -0.4 is 10.1 Å². The summed E-state index contributed by atoms with van der Waals surface area (Å²) in [5.74, 6) is 1.41. The first kappa shape index (κ1) is 18.6. The molecule has 3 aromatic heterocycles. The second-order valence-corrected chi connectivity index (χ2v) is 6.88. The van der Waals surface area contributed by atoms with E-state index >= 15 is 0 Å². The molecule has 0 aliphatic heterocycles. The zero-order valence-corrected chi connectivity index (χ0v) is 16.6. The number of methoxy groups -OCH3 is 1. The van der Waals surface area contributed by atoms with Crippen LogP contribution in [-0.2, 0) is 0 Å². The SMILES string of the molecule is COc1cccc(-c2cc(C(=O)Nc3ncc(-c4ccco4)[nH]3)c3ccccc3n2)c1. The summed E-state index contributed by atoms with van der Waals surface area (Å²) >= 11 is 0. The number of para-hydroxylation sites is 1. The van der Waals surface area contributed by atoms with Gasteiger partial charge in [0, 0.05) is 10.9 Å². The van der Waals surface area contributed by atoms with E-state index in [0.717, 1.165) is 22.2 Å². The number of furan rings is 1. The van der Waals surface area contributed by atoms with E-state index in [1.807, 2.05) is 54.6 Å². The first-order valence-corrected chi connectivity index (χ1v) is 9.66. The minimum Gasteiger partial charge on any atom is -0.497 e. The van der Waals surface area contributed by atoms with Crippen molar-refractivity contribution in [3.8, 4) is 28.5 Å². The maximum Gasteiger partial charge on any atom is 0.258 e. The molecular weight excluding hydrogens is 392 g/mol. The number of carbonyl (C=O) groups excluding carboxylic acids is 1. The Balaban J connectivity index is 1.53. The predicted octanol–water partition coefficient (Wildman–Crippen LogP) is 5.15. The van der Waals surface area contributed by atoms with Gasteiger partial charge in [-0.1, -0.05) is 30.3 Å². The van der Waals surface area contributed by atoms with Crippen LogP contribution in [0.1, 0.15) is 10.4 Å². The number of nitrogens with zero attached hydrogens (tertiary/aromatic N) is 2. The van der Waals surface area contributed by atoms with Gasteiger partial charge in [-0.15, -0.1) is 0 Å². The van der Waals surface area contributed by atoms with Crippen LogP contribution in [0.25, 0.3) is 33.6 Å². The first-order chi connectivity index (χ1) is 15.2. The number of hydrogen-bond donors (Lipinski definition) is 2. The lowest BCUT2D eigenvalue weighted by atomic mass is 10.0. The first-order valence-electron chi connectivity index (χ1n) is 9.66. The molecule has 2 N–H and O–H groups in total. The van der Waals surface area contributed by atoms with Crippen LogP contribution in [0.2, 0.25) is 0 Å². The average molecular weight is 410 g/mol. The van der Waals surface area contributed by atoms with E-state index < -0.39 is 0 Å². The summed E-state index contributed by atoms with van der Waals surface area (Å²) in [6.45, 7) is 0. The number of fused-ring (bicyclic) bond motifs is 1. The Morgan fingerprint density at radius 3 is 2.81 bits per heavy atom. The Morgan fingerprint density at radius 2 is 1.97 bits per heavy atom. The zero-order chi connectivity index (χ0) is 21.2. The van der Waals surface area contributed by atoms with E-state index in [4.69, 9.17) is 14.1 Å². The van der Waals surface area contributed by atoms with Gasteiger partial charge in [0.1, 0.15) is 11.4 Å². The number of anilines is 1. The largest absolute Gasteiger partial charge is 0.497 e. The van der Waals surface area contributed by atoms with Gasteiger partial charge in [0.25, 0.3) is 5.91 Å². The number of H-pyrrole nitrogens is 1. The van der Waals surface area contributed by atoms with Crippen LogP contribution in [0.4, 0.5) is 5.95 Å². The fourth-order valence-corrected chi connectivity index (χ4v) is 3.41. The Labute approximate surface area is 177 Å². The second-order valence-electron chi connectivity index (χ2n) is 6.88. The number of aromatic nitrogens is 3. The molecule has 7 nitrogen and oxygen atoms in total. The van der Waals surface area contributed by atoms with Crippen LogP contribution in [0.5, 0.6) is 5.75 Å². The molecule has 0 saturated heterocycles. The molecule has 0 aliphatic rings. The summed E-state index contributed by atoms with van der Waals surface area (Å²) in [6, 6.07) is 20.5. The van der Waals surface area contributed by atoms with Crippen molar-refractivity contribution in [1.82, 2.24) is 15.0 Å². The third-order valence-electron chi connectivity index (χ3n) is 4.92. The number of nitrogens with one attached hydrogen (secondary N) is 2. The molecule has 0 fully saturated rings. The summed E-state index contributed by atoms with van der Waals surface area (Å²) in [4.78, 5) is 25.2. The Bertz CT molecular complexity index is 1370. The van der Waals surface area contributed by atoms with E-state index in [-0.39, 0.29) is 5.91 Å². The smallest absolute Gasteiger partial charge is 0.258 e. The fraction of sp³-hybridized carbons (Fsp3) is 0.0417. The van der Waals surface area contributed by atoms with Gasteiger partial charge in [0.05, 0.1) is 36.3 Å². The minimum absolute atomic E-state index is 0.289.